The van der Waals surface area contributed by atoms with Crippen LogP contribution in [0.1, 0.15) is 16.7 Å². The number of benzene rings is 1. The predicted molar refractivity (Wildman–Crippen MR) is 67.8 cm³/mol. The van der Waals surface area contributed by atoms with Gasteiger partial charge in [-0.2, -0.15) is 0 Å². The van der Waals surface area contributed by atoms with E-state index in [0.717, 1.165) is 5.75 Å². The normalized spacial score (nSPS) is 10.4. The van der Waals surface area contributed by atoms with Crippen LogP contribution in [-0.4, -0.2) is 20.8 Å². The third kappa shape index (κ3) is 2.28. The lowest BCUT2D eigenvalue weighted by Gasteiger charge is -2.25. The highest BCUT2D eigenvalue weighted by Crippen LogP contribution is 2.32. The number of hydrogen-bond acceptors (Lipinski definition) is 4. The van der Waals surface area contributed by atoms with Gasteiger partial charge in [-0.3, -0.25) is 5.84 Å². The van der Waals surface area contributed by atoms with E-state index < -0.39 is 0 Å². The predicted octanol–water partition coefficient (Wildman–Crippen LogP) is 1.48. The second kappa shape index (κ2) is 5.18. The molecule has 0 aliphatic rings. The molecule has 0 amide bonds. The van der Waals surface area contributed by atoms with E-state index >= 15 is 0 Å². The van der Waals surface area contributed by atoms with Crippen molar-refractivity contribution in [1.29, 1.82) is 0 Å². The van der Waals surface area contributed by atoms with Gasteiger partial charge in [-0.25, -0.2) is 5.43 Å². The molecule has 0 unspecified atom stereocenters. The highest BCUT2D eigenvalue weighted by atomic mass is 16.5. The Kier molecular flexibility index (Phi) is 4.15. The van der Waals surface area contributed by atoms with E-state index in [1.54, 1.807) is 7.11 Å². The van der Waals surface area contributed by atoms with E-state index in [9.17, 15) is 0 Å². The first-order valence-electron chi connectivity index (χ1n) is 5.32. The monoisotopic (exact) mass is 223 g/mol. The van der Waals surface area contributed by atoms with E-state index in [2.05, 4.69) is 37.2 Å². The van der Waals surface area contributed by atoms with Crippen LogP contribution in [0.15, 0.2) is 6.07 Å². The van der Waals surface area contributed by atoms with Crippen molar-refractivity contribution in [3.63, 3.8) is 0 Å². The molecule has 4 heteroatoms. The number of ether oxygens (including phenoxy) is 1. The molecule has 0 aliphatic carbocycles. The van der Waals surface area contributed by atoms with Gasteiger partial charge in [0.2, 0.25) is 0 Å². The Morgan fingerprint density at radius 1 is 1.31 bits per heavy atom. The SMILES string of the molecule is COc1cc(C)c(N(C)CNN)c(C)c1C. The summed E-state index contributed by atoms with van der Waals surface area (Å²) in [5, 5.41) is 0. The second-order valence-electron chi connectivity index (χ2n) is 4.05. The summed E-state index contributed by atoms with van der Waals surface area (Å²) in [6.45, 7) is 6.87. The minimum absolute atomic E-state index is 0.619. The molecular formula is C12H21N3O. The van der Waals surface area contributed by atoms with Gasteiger partial charge in [-0.05, 0) is 43.5 Å². The maximum Gasteiger partial charge on any atom is 0.122 e. The van der Waals surface area contributed by atoms with Crippen LogP contribution in [0.4, 0.5) is 5.69 Å². The Balaban J connectivity index is 3.24. The van der Waals surface area contributed by atoms with Crippen molar-refractivity contribution in [2.75, 3.05) is 25.7 Å². The number of methoxy groups -OCH3 is 1. The Morgan fingerprint density at radius 3 is 2.44 bits per heavy atom. The van der Waals surface area contributed by atoms with Crippen molar-refractivity contribution in [2.24, 2.45) is 5.84 Å². The van der Waals surface area contributed by atoms with Crippen molar-refractivity contribution < 1.29 is 4.74 Å². The molecular weight excluding hydrogens is 202 g/mol. The molecule has 90 valence electrons. The molecule has 0 spiro atoms. The summed E-state index contributed by atoms with van der Waals surface area (Å²) in [5.74, 6) is 6.28. The van der Waals surface area contributed by atoms with Gasteiger partial charge in [0.25, 0.3) is 0 Å². The standard InChI is InChI=1S/C12H21N3O/c1-8-6-11(16-5)9(2)10(3)12(8)15(4)7-14-13/h6,14H,7,13H2,1-5H3. The number of anilines is 1. The third-order valence-corrected chi connectivity index (χ3v) is 2.94. The first kappa shape index (κ1) is 12.8. The van der Waals surface area contributed by atoms with E-state index in [4.69, 9.17) is 10.6 Å². The van der Waals surface area contributed by atoms with Crippen LogP contribution in [0.3, 0.4) is 0 Å². The van der Waals surface area contributed by atoms with Crippen molar-refractivity contribution in [1.82, 2.24) is 5.43 Å². The van der Waals surface area contributed by atoms with Gasteiger partial charge in [0.1, 0.15) is 5.75 Å². The first-order valence-corrected chi connectivity index (χ1v) is 5.32. The highest BCUT2D eigenvalue weighted by molar-refractivity contribution is 5.64. The lowest BCUT2D eigenvalue weighted by molar-refractivity contribution is 0.411. The van der Waals surface area contributed by atoms with Gasteiger partial charge in [-0.15, -0.1) is 0 Å². The molecule has 1 aromatic carbocycles. The molecule has 0 aromatic heterocycles. The maximum absolute atomic E-state index is 5.34. The molecule has 0 fully saturated rings. The number of nitrogens with one attached hydrogen (secondary N) is 1. The summed E-state index contributed by atoms with van der Waals surface area (Å²) in [4.78, 5) is 2.09. The molecule has 4 nitrogen and oxygen atoms in total. The Hall–Kier alpha value is -1.26. The summed E-state index contributed by atoms with van der Waals surface area (Å²) in [7, 11) is 3.72. The van der Waals surface area contributed by atoms with Gasteiger partial charge >= 0.3 is 0 Å². The molecule has 3 N–H and O–H groups in total. The fraction of sp³-hybridized carbons (Fsp3) is 0.500. The summed E-state index contributed by atoms with van der Waals surface area (Å²) in [6, 6.07) is 2.06. The van der Waals surface area contributed by atoms with Gasteiger partial charge in [0, 0.05) is 12.7 Å². The topological polar surface area (TPSA) is 50.5 Å². The summed E-state index contributed by atoms with van der Waals surface area (Å²) in [6.07, 6.45) is 0. The minimum Gasteiger partial charge on any atom is -0.496 e. The van der Waals surface area contributed by atoms with E-state index in [1.165, 1.54) is 22.4 Å². The first-order chi connectivity index (χ1) is 7.52. The molecule has 0 saturated heterocycles. The molecule has 1 rings (SSSR count). The zero-order valence-corrected chi connectivity index (χ0v) is 10.7. The van der Waals surface area contributed by atoms with Gasteiger partial charge in [0.15, 0.2) is 0 Å². The zero-order chi connectivity index (χ0) is 12.3. The van der Waals surface area contributed by atoms with Crippen LogP contribution >= 0.6 is 0 Å². The van der Waals surface area contributed by atoms with Gasteiger partial charge in [0.05, 0.1) is 13.8 Å². The van der Waals surface area contributed by atoms with Crippen molar-refractivity contribution in [3.05, 3.63) is 22.8 Å². The molecule has 1 aromatic rings. The quantitative estimate of drug-likeness (QED) is 0.461. The van der Waals surface area contributed by atoms with Crippen LogP contribution in [0.2, 0.25) is 0 Å². The largest absolute Gasteiger partial charge is 0.496 e. The van der Waals surface area contributed by atoms with Crippen LogP contribution in [0.25, 0.3) is 0 Å². The van der Waals surface area contributed by atoms with E-state index in [-0.39, 0.29) is 0 Å². The molecule has 16 heavy (non-hydrogen) atoms. The van der Waals surface area contributed by atoms with Gasteiger partial charge < -0.3 is 9.64 Å². The van der Waals surface area contributed by atoms with Crippen LogP contribution < -0.4 is 20.9 Å². The van der Waals surface area contributed by atoms with Crippen LogP contribution in [-0.2, 0) is 0 Å². The minimum atomic E-state index is 0.619. The Morgan fingerprint density at radius 2 is 1.94 bits per heavy atom. The van der Waals surface area contributed by atoms with Gasteiger partial charge in [-0.1, -0.05) is 0 Å². The Labute approximate surface area is 97.4 Å². The Bertz CT molecular complexity index is 377. The molecule has 0 radical (unpaired) electrons. The number of nitrogens with zero attached hydrogens (tertiary/aromatic N) is 1. The molecule has 0 heterocycles. The molecule has 0 atom stereocenters. The third-order valence-electron chi connectivity index (χ3n) is 2.94. The maximum atomic E-state index is 5.34. The lowest BCUT2D eigenvalue weighted by atomic mass is 10.0. The van der Waals surface area contributed by atoms with E-state index in [1.807, 2.05) is 7.05 Å². The zero-order valence-electron chi connectivity index (χ0n) is 10.7. The smallest absolute Gasteiger partial charge is 0.122 e. The van der Waals surface area contributed by atoms with Crippen molar-refractivity contribution in [3.8, 4) is 5.75 Å². The summed E-state index contributed by atoms with van der Waals surface area (Å²) in [5.41, 5.74) is 7.46. The number of nitrogens with two attached hydrogens (primary N) is 1. The summed E-state index contributed by atoms with van der Waals surface area (Å²) >= 11 is 0. The van der Waals surface area contributed by atoms with Crippen molar-refractivity contribution in [2.45, 2.75) is 20.8 Å². The fourth-order valence-corrected chi connectivity index (χ4v) is 2.05. The van der Waals surface area contributed by atoms with Crippen molar-refractivity contribution >= 4 is 5.69 Å². The van der Waals surface area contributed by atoms with E-state index in [0.29, 0.717) is 6.67 Å². The number of aryl methyl sites for hydroxylation is 1. The summed E-state index contributed by atoms with van der Waals surface area (Å²) < 4.78 is 5.34. The fourth-order valence-electron chi connectivity index (χ4n) is 2.05. The number of hydrazine groups is 1. The average molecular weight is 223 g/mol. The molecule has 0 bridgehead atoms. The number of hydrogen-bond donors (Lipinski definition) is 2. The second-order valence-corrected chi connectivity index (χ2v) is 4.05. The molecule has 0 saturated carbocycles. The van der Waals surface area contributed by atoms with Crippen LogP contribution in [0.5, 0.6) is 5.75 Å². The average Bonchev–Trinajstić information content (AvgIpc) is 2.24. The highest BCUT2D eigenvalue weighted by Gasteiger charge is 2.13. The molecule has 0 aliphatic heterocycles. The van der Waals surface area contributed by atoms with Crippen LogP contribution in [0, 0.1) is 20.8 Å². The number of rotatable bonds is 4. The lowest BCUT2D eigenvalue weighted by Crippen LogP contribution is -2.36.